The summed E-state index contributed by atoms with van der Waals surface area (Å²) in [5, 5.41) is 5.11. The van der Waals surface area contributed by atoms with Gasteiger partial charge in [0.25, 0.3) is 5.91 Å². The lowest BCUT2D eigenvalue weighted by Gasteiger charge is -2.11. The summed E-state index contributed by atoms with van der Waals surface area (Å²) in [5.74, 6) is -0.723. The lowest BCUT2D eigenvalue weighted by Crippen LogP contribution is -2.36. The van der Waals surface area contributed by atoms with Gasteiger partial charge >= 0.3 is 6.18 Å². The smallest absolute Gasteiger partial charge is 0.422 e. The Labute approximate surface area is 167 Å². The second-order valence-corrected chi connectivity index (χ2v) is 6.65. The highest BCUT2D eigenvalue weighted by Crippen LogP contribution is 2.19. The van der Waals surface area contributed by atoms with Crippen molar-refractivity contribution < 1.29 is 27.5 Å². The van der Waals surface area contributed by atoms with Gasteiger partial charge in [-0.25, -0.2) is 0 Å². The minimum atomic E-state index is -4.42. The van der Waals surface area contributed by atoms with E-state index in [1.54, 1.807) is 30.3 Å². The average Bonchev–Trinajstić information content (AvgIpc) is 2.63. The summed E-state index contributed by atoms with van der Waals surface area (Å²) in [4.78, 5) is 23.9. The number of carbonyl (C=O) groups excluding carboxylic acids is 2. The van der Waals surface area contributed by atoms with Crippen LogP contribution in [0.1, 0.15) is 15.9 Å². The molecule has 0 spiro atoms. The van der Waals surface area contributed by atoms with Crippen LogP contribution in [0.5, 0.6) is 5.75 Å². The number of benzene rings is 2. The first-order valence-electron chi connectivity index (χ1n) is 7.82. The SMILES string of the molecule is O=C(CNC(=O)c1ccccc1I)NCc1cccc(OCC(F)(F)F)c1. The molecule has 144 valence electrons. The fourth-order valence-corrected chi connectivity index (χ4v) is 2.71. The van der Waals surface area contributed by atoms with Crippen molar-refractivity contribution in [1.29, 1.82) is 0 Å². The Morgan fingerprint density at radius 1 is 1.04 bits per heavy atom. The van der Waals surface area contributed by atoms with Crippen molar-refractivity contribution in [2.45, 2.75) is 12.7 Å². The molecule has 9 heteroatoms. The van der Waals surface area contributed by atoms with Gasteiger partial charge in [0.05, 0.1) is 12.1 Å². The van der Waals surface area contributed by atoms with Gasteiger partial charge in [0, 0.05) is 10.1 Å². The third-order valence-corrected chi connectivity index (χ3v) is 4.26. The number of alkyl halides is 3. The normalized spacial score (nSPS) is 11.0. The van der Waals surface area contributed by atoms with Gasteiger partial charge in [0.15, 0.2) is 6.61 Å². The molecule has 0 unspecified atom stereocenters. The molecule has 0 aromatic heterocycles. The predicted octanol–water partition coefficient (Wildman–Crippen LogP) is 3.28. The van der Waals surface area contributed by atoms with Crippen LogP contribution in [0.15, 0.2) is 48.5 Å². The van der Waals surface area contributed by atoms with Crippen LogP contribution in [0.4, 0.5) is 13.2 Å². The van der Waals surface area contributed by atoms with Crippen molar-refractivity contribution in [2.75, 3.05) is 13.2 Å². The number of amides is 2. The molecule has 0 bridgehead atoms. The van der Waals surface area contributed by atoms with E-state index in [2.05, 4.69) is 15.4 Å². The molecular formula is C18H16F3IN2O3. The first-order valence-corrected chi connectivity index (χ1v) is 8.90. The van der Waals surface area contributed by atoms with Crippen molar-refractivity contribution >= 4 is 34.4 Å². The van der Waals surface area contributed by atoms with Crippen molar-refractivity contribution in [1.82, 2.24) is 10.6 Å². The highest BCUT2D eigenvalue weighted by atomic mass is 127. The van der Waals surface area contributed by atoms with Gasteiger partial charge in [0.2, 0.25) is 5.91 Å². The van der Waals surface area contributed by atoms with Crippen LogP contribution in [0.3, 0.4) is 0 Å². The van der Waals surface area contributed by atoms with Gasteiger partial charge in [0.1, 0.15) is 5.75 Å². The number of halogens is 4. The summed E-state index contributed by atoms with van der Waals surface area (Å²) in [6, 6.07) is 13.0. The van der Waals surface area contributed by atoms with Gasteiger partial charge in [-0.1, -0.05) is 24.3 Å². The Bertz CT molecular complexity index is 812. The van der Waals surface area contributed by atoms with E-state index in [0.717, 1.165) is 3.57 Å². The maximum Gasteiger partial charge on any atom is 0.422 e. The number of hydrogen-bond donors (Lipinski definition) is 2. The van der Waals surface area contributed by atoms with E-state index in [0.29, 0.717) is 11.1 Å². The second-order valence-electron chi connectivity index (χ2n) is 5.49. The minimum absolute atomic E-state index is 0.0611. The lowest BCUT2D eigenvalue weighted by molar-refractivity contribution is -0.153. The molecule has 2 aromatic carbocycles. The van der Waals surface area contributed by atoms with Crippen molar-refractivity contribution in [3.63, 3.8) is 0 Å². The monoisotopic (exact) mass is 492 g/mol. The number of nitrogens with one attached hydrogen (secondary N) is 2. The molecule has 27 heavy (non-hydrogen) atoms. The Kier molecular flexibility index (Phi) is 7.45. The quantitative estimate of drug-likeness (QED) is 0.584. The number of carbonyl (C=O) groups is 2. The van der Waals surface area contributed by atoms with Crippen LogP contribution < -0.4 is 15.4 Å². The first kappa shape index (κ1) is 21.0. The molecule has 2 amide bonds. The molecular weight excluding hydrogens is 476 g/mol. The fourth-order valence-electron chi connectivity index (χ4n) is 2.07. The van der Waals surface area contributed by atoms with Crippen molar-refractivity contribution in [3.05, 3.63) is 63.2 Å². The van der Waals surface area contributed by atoms with E-state index in [1.165, 1.54) is 18.2 Å². The van der Waals surface area contributed by atoms with Gasteiger partial charge < -0.3 is 15.4 Å². The second kappa shape index (κ2) is 9.58. The zero-order valence-electron chi connectivity index (χ0n) is 14.0. The molecule has 0 saturated carbocycles. The fraction of sp³-hybridized carbons (Fsp3) is 0.222. The lowest BCUT2D eigenvalue weighted by atomic mass is 10.2. The van der Waals surface area contributed by atoms with Gasteiger partial charge in [-0.2, -0.15) is 13.2 Å². The summed E-state index contributed by atoms with van der Waals surface area (Å²) in [5.41, 5.74) is 1.05. The Balaban J connectivity index is 1.80. The van der Waals surface area contributed by atoms with E-state index in [9.17, 15) is 22.8 Å². The molecule has 0 saturated heterocycles. The molecule has 5 nitrogen and oxygen atoms in total. The van der Waals surface area contributed by atoms with Crippen molar-refractivity contribution in [2.24, 2.45) is 0 Å². The van der Waals surface area contributed by atoms with E-state index < -0.39 is 18.7 Å². The van der Waals surface area contributed by atoms with Crippen LogP contribution in [0.25, 0.3) is 0 Å². The molecule has 2 rings (SSSR count). The number of hydrogen-bond acceptors (Lipinski definition) is 3. The maximum atomic E-state index is 12.2. The Morgan fingerprint density at radius 3 is 2.48 bits per heavy atom. The third-order valence-electron chi connectivity index (χ3n) is 3.32. The first-order chi connectivity index (χ1) is 12.7. The molecule has 0 atom stereocenters. The highest BCUT2D eigenvalue weighted by Gasteiger charge is 2.28. The standard InChI is InChI=1S/C18H16F3IN2O3/c19-18(20,21)11-27-13-5-3-4-12(8-13)9-23-16(25)10-24-17(26)14-6-1-2-7-15(14)22/h1-8H,9-11H2,(H,23,25)(H,24,26). The van der Waals surface area contributed by atoms with Gasteiger partial charge in [-0.3, -0.25) is 9.59 Å². The summed E-state index contributed by atoms with van der Waals surface area (Å²) < 4.78 is 42.0. The van der Waals surface area contributed by atoms with Crippen LogP contribution in [-0.4, -0.2) is 31.1 Å². The molecule has 0 radical (unpaired) electrons. The molecule has 2 N–H and O–H groups in total. The summed E-state index contributed by atoms with van der Waals surface area (Å²) in [6.45, 7) is -1.50. The largest absolute Gasteiger partial charge is 0.484 e. The molecule has 0 fully saturated rings. The molecule has 0 heterocycles. The molecule has 0 aliphatic heterocycles. The molecule has 2 aromatic rings. The minimum Gasteiger partial charge on any atom is -0.484 e. The Hall–Kier alpha value is -2.30. The van der Waals surface area contributed by atoms with Crippen LogP contribution in [0.2, 0.25) is 0 Å². The topological polar surface area (TPSA) is 67.4 Å². The Morgan fingerprint density at radius 2 is 1.78 bits per heavy atom. The van der Waals surface area contributed by atoms with Gasteiger partial charge in [-0.05, 0) is 52.4 Å². The summed E-state index contributed by atoms with van der Waals surface area (Å²) in [7, 11) is 0. The van der Waals surface area contributed by atoms with Crippen LogP contribution in [0, 0.1) is 3.57 Å². The number of ether oxygens (including phenoxy) is 1. The number of rotatable bonds is 7. The zero-order chi connectivity index (χ0) is 19.9. The van der Waals surface area contributed by atoms with E-state index >= 15 is 0 Å². The van der Waals surface area contributed by atoms with E-state index in [1.807, 2.05) is 22.6 Å². The van der Waals surface area contributed by atoms with Crippen LogP contribution in [-0.2, 0) is 11.3 Å². The van der Waals surface area contributed by atoms with Crippen LogP contribution >= 0.6 is 22.6 Å². The molecule has 0 aliphatic rings. The molecule has 0 aliphatic carbocycles. The van der Waals surface area contributed by atoms with E-state index in [4.69, 9.17) is 0 Å². The highest BCUT2D eigenvalue weighted by molar-refractivity contribution is 14.1. The predicted molar refractivity (Wildman–Crippen MR) is 101 cm³/mol. The maximum absolute atomic E-state index is 12.2. The summed E-state index contributed by atoms with van der Waals surface area (Å²) >= 11 is 2.03. The zero-order valence-corrected chi connectivity index (χ0v) is 16.1. The summed E-state index contributed by atoms with van der Waals surface area (Å²) in [6.07, 6.45) is -4.42. The van der Waals surface area contributed by atoms with Gasteiger partial charge in [-0.15, -0.1) is 0 Å². The van der Waals surface area contributed by atoms with Crippen molar-refractivity contribution in [3.8, 4) is 5.75 Å². The third kappa shape index (κ3) is 7.45. The van der Waals surface area contributed by atoms with E-state index in [-0.39, 0.29) is 24.7 Å². The average molecular weight is 492 g/mol.